The van der Waals surface area contributed by atoms with Gasteiger partial charge in [0.15, 0.2) is 5.96 Å². The summed E-state index contributed by atoms with van der Waals surface area (Å²) in [4.78, 5) is 16.2. The van der Waals surface area contributed by atoms with Crippen LogP contribution in [0.2, 0.25) is 0 Å². The van der Waals surface area contributed by atoms with E-state index >= 15 is 0 Å². The fourth-order valence-electron chi connectivity index (χ4n) is 4.85. The van der Waals surface area contributed by atoms with Crippen LogP contribution in [0.4, 0.5) is 4.79 Å². The van der Waals surface area contributed by atoms with Crippen LogP contribution in [0.3, 0.4) is 0 Å². The zero-order chi connectivity index (χ0) is 18.8. The molecule has 0 heterocycles. The number of nitrogens with two attached hydrogens (primary N) is 1. The Labute approximate surface area is 157 Å². The molecule has 4 N–H and O–H groups in total. The second-order valence-corrected chi connectivity index (χ2v) is 8.05. The van der Waals surface area contributed by atoms with Gasteiger partial charge < -0.3 is 20.8 Å². The van der Waals surface area contributed by atoms with Gasteiger partial charge in [0.2, 0.25) is 0 Å². The van der Waals surface area contributed by atoms with Gasteiger partial charge in [0.25, 0.3) is 0 Å². The largest absolute Gasteiger partial charge is 0.503 e. The third-order valence-corrected chi connectivity index (χ3v) is 6.09. The number of hydrogen-bond donors (Lipinski definition) is 3. The summed E-state index contributed by atoms with van der Waals surface area (Å²) in [5, 5.41) is 13.9. The van der Waals surface area contributed by atoms with Gasteiger partial charge in [0.05, 0.1) is 6.04 Å². The summed E-state index contributed by atoms with van der Waals surface area (Å²) < 4.78 is 0. The molecule has 3 aliphatic rings. The van der Waals surface area contributed by atoms with Crippen molar-refractivity contribution in [1.82, 2.24) is 4.90 Å². The van der Waals surface area contributed by atoms with Crippen LogP contribution < -0.4 is 5.73 Å². The molecule has 3 fully saturated rings. The van der Waals surface area contributed by atoms with E-state index in [1.54, 1.807) is 0 Å². The molecule has 150 valence electrons. The first kappa shape index (κ1) is 20.8. The molecule has 3 saturated carbocycles. The summed E-state index contributed by atoms with van der Waals surface area (Å²) >= 11 is 0. The quantitative estimate of drug-likeness (QED) is 0.490. The summed E-state index contributed by atoms with van der Waals surface area (Å²) in [7, 11) is 0. The minimum absolute atomic E-state index is 0.503. The van der Waals surface area contributed by atoms with Crippen LogP contribution in [0.15, 0.2) is 4.99 Å². The molecule has 0 aromatic heterocycles. The molecular formula is C20H37N3O3. The van der Waals surface area contributed by atoms with Gasteiger partial charge in [-0.2, -0.15) is 0 Å². The first-order valence-electron chi connectivity index (χ1n) is 10.6. The molecule has 0 aromatic rings. The van der Waals surface area contributed by atoms with Crippen molar-refractivity contribution in [1.29, 1.82) is 0 Å². The maximum atomic E-state index is 8.56. The van der Waals surface area contributed by atoms with E-state index in [1.165, 1.54) is 96.3 Å². The van der Waals surface area contributed by atoms with Gasteiger partial charge in [-0.15, -0.1) is 0 Å². The van der Waals surface area contributed by atoms with Gasteiger partial charge >= 0.3 is 6.16 Å². The first-order chi connectivity index (χ1) is 12.6. The SMILES string of the molecule is N/C(=N\C1CCCCC1)N(C1CCCCC1)C1CCCCC1.O=C(O)O. The number of carbonyl (C=O) groups is 1. The summed E-state index contributed by atoms with van der Waals surface area (Å²) in [5.41, 5.74) is 6.59. The van der Waals surface area contributed by atoms with Crippen LogP contribution in [0, 0.1) is 0 Å². The number of nitrogens with zero attached hydrogens (tertiary/aromatic N) is 2. The van der Waals surface area contributed by atoms with E-state index < -0.39 is 6.16 Å². The topological polar surface area (TPSA) is 99.2 Å². The highest BCUT2D eigenvalue weighted by Crippen LogP contribution is 2.30. The Bertz CT molecular complexity index is 416. The fourth-order valence-corrected chi connectivity index (χ4v) is 4.85. The Morgan fingerprint density at radius 2 is 1.08 bits per heavy atom. The summed E-state index contributed by atoms with van der Waals surface area (Å²) in [6.07, 6.45) is 18.4. The highest BCUT2D eigenvalue weighted by atomic mass is 16.6. The van der Waals surface area contributed by atoms with Gasteiger partial charge in [-0.25, -0.2) is 9.79 Å². The third-order valence-electron chi connectivity index (χ3n) is 6.09. The van der Waals surface area contributed by atoms with Crippen molar-refractivity contribution in [3.05, 3.63) is 0 Å². The van der Waals surface area contributed by atoms with E-state index in [4.69, 9.17) is 25.7 Å². The van der Waals surface area contributed by atoms with Crippen molar-refractivity contribution in [2.45, 2.75) is 114 Å². The van der Waals surface area contributed by atoms with E-state index in [2.05, 4.69) is 4.90 Å². The monoisotopic (exact) mass is 367 g/mol. The van der Waals surface area contributed by atoms with Crippen molar-refractivity contribution in [3.8, 4) is 0 Å². The summed E-state index contributed by atoms with van der Waals surface area (Å²) in [6.45, 7) is 0. The van der Waals surface area contributed by atoms with E-state index in [-0.39, 0.29) is 0 Å². The second kappa shape index (κ2) is 11.3. The predicted molar refractivity (Wildman–Crippen MR) is 105 cm³/mol. The molecule has 0 aliphatic heterocycles. The van der Waals surface area contributed by atoms with Crippen molar-refractivity contribution >= 4 is 12.1 Å². The maximum Gasteiger partial charge on any atom is 0.503 e. The van der Waals surface area contributed by atoms with Crippen molar-refractivity contribution in [2.75, 3.05) is 0 Å². The highest BCUT2D eigenvalue weighted by Gasteiger charge is 2.30. The van der Waals surface area contributed by atoms with Gasteiger partial charge in [-0.05, 0) is 38.5 Å². The average molecular weight is 368 g/mol. The number of hydrogen-bond acceptors (Lipinski definition) is 2. The Morgan fingerprint density at radius 3 is 1.46 bits per heavy atom. The van der Waals surface area contributed by atoms with Crippen LogP contribution in [-0.2, 0) is 0 Å². The molecular weight excluding hydrogens is 330 g/mol. The van der Waals surface area contributed by atoms with Crippen LogP contribution >= 0.6 is 0 Å². The smallest absolute Gasteiger partial charge is 0.450 e. The van der Waals surface area contributed by atoms with Crippen LogP contribution in [0.25, 0.3) is 0 Å². The van der Waals surface area contributed by atoms with Crippen LogP contribution in [-0.4, -0.2) is 45.4 Å². The third kappa shape index (κ3) is 7.04. The number of guanidine groups is 1. The van der Waals surface area contributed by atoms with Gasteiger partial charge in [-0.3, -0.25) is 0 Å². The van der Waals surface area contributed by atoms with Gasteiger partial charge in [-0.1, -0.05) is 57.8 Å². The Balaban J connectivity index is 0.000000552. The minimum Gasteiger partial charge on any atom is -0.450 e. The fraction of sp³-hybridized carbons (Fsp3) is 0.900. The molecule has 0 unspecified atom stereocenters. The molecule has 3 rings (SSSR count). The van der Waals surface area contributed by atoms with E-state index in [0.717, 1.165) is 5.96 Å². The Hall–Kier alpha value is -1.46. The van der Waals surface area contributed by atoms with E-state index in [1.807, 2.05) is 0 Å². The lowest BCUT2D eigenvalue weighted by Crippen LogP contribution is -2.52. The van der Waals surface area contributed by atoms with Crippen molar-refractivity contribution in [3.63, 3.8) is 0 Å². The lowest BCUT2D eigenvalue weighted by molar-refractivity contribution is 0.137. The molecule has 3 aliphatic carbocycles. The maximum absolute atomic E-state index is 8.56. The molecule has 0 aromatic carbocycles. The molecule has 0 spiro atoms. The van der Waals surface area contributed by atoms with Crippen LogP contribution in [0.1, 0.15) is 96.3 Å². The van der Waals surface area contributed by atoms with Gasteiger partial charge in [0.1, 0.15) is 0 Å². The Morgan fingerprint density at radius 1 is 0.731 bits per heavy atom. The van der Waals surface area contributed by atoms with E-state index in [9.17, 15) is 0 Å². The molecule has 6 heteroatoms. The standard InChI is InChI=1S/C19H35N3.CH2O3/c20-19(21-16-10-4-1-5-11-16)22(17-12-6-2-7-13-17)18-14-8-3-9-15-18;2-1(3)4/h16-18H,1-15H2,(H2,20,21);(H2,2,3,4). The Kier molecular flexibility index (Phi) is 9.06. The van der Waals surface area contributed by atoms with Crippen LogP contribution in [0.5, 0.6) is 0 Å². The zero-order valence-corrected chi connectivity index (χ0v) is 16.1. The molecule has 0 saturated heterocycles. The molecule has 26 heavy (non-hydrogen) atoms. The molecule has 0 bridgehead atoms. The number of rotatable bonds is 3. The molecule has 0 amide bonds. The average Bonchev–Trinajstić information content (AvgIpc) is 2.64. The summed E-state index contributed by atoms with van der Waals surface area (Å²) in [6, 6.07) is 1.84. The number of aliphatic imine (C=N–C) groups is 1. The van der Waals surface area contributed by atoms with Crippen molar-refractivity contribution < 1.29 is 15.0 Å². The zero-order valence-electron chi connectivity index (χ0n) is 16.1. The normalized spacial score (nSPS) is 23.8. The first-order valence-corrected chi connectivity index (χ1v) is 10.6. The number of carboxylic acid groups (broad SMARTS) is 2. The second-order valence-electron chi connectivity index (χ2n) is 8.05. The van der Waals surface area contributed by atoms with E-state index in [0.29, 0.717) is 18.1 Å². The molecule has 6 nitrogen and oxygen atoms in total. The lowest BCUT2D eigenvalue weighted by Gasteiger charge is -2.42. The summed E-state index contributed by atoms with van der Waals surface area (Å²) in [5.74, 6) is 0.894. The van der Waals surface area contributed by atoms with Crippen molar-refractivity contribution in [2.24, 2.45) is 10.7 Å². The minimum atomic E-state index is -1.83. The van der Waals surface area contributed by atoms with Gasteiger partial charge in [0, 0.05) is 12.1 Å². The molecule has 0 radical (unpaired) electrons. The highest BCUT2D eigenvalue weighted by molar-refractivity contribution is 5.79. The predicted octanol–water partition coefficient (Wildman–Crippen LogP) is 4.82. The lowest BCUT2D eigenvalue weighted by atomic mass is 9.89. The molecule has 0 atom stereocenters.